The number of halogens is 1. The molecule has 0 saturated carbocycles. The lowest BCUT2D eigenvalue weighted by molar-refractivity contribution is -0.125. The van der Waals surface area contributed by atoms with Gasteiger partial charge in [0.15, 0.2) is 11.5 Å². The van der Waals surface area contributed by atoms with E-state index in [1.165, 1.54) is 12.1 Å². The zero-order valence-electron chi connectivity index (χ0n) is 20.5. The maximum atomic E-state index is 13.4. The van der Waals surface area contributed by atoms with Crippen molar-refractivity contribution >= 4 is 28.6 Å². The van der Waals surface area contributed by atoms with Crippen LogP contribution in [0.1, 0.15) is 53.3 Å². The number of aromatic nitrogens is 4. The first-order chi connectivity index (χ1) is 17.5. The summed E-state index contributed by atoms with van der Waals surface area (Å²) in [7, 11) is 0. The summed E-state index contributed by atoms with van der Waals surface area (Å²) in [5.41, 5.74) is 6.12. The molecule has 12 heteroatoms. The fourth-order valence-corrected chi connectivity index (χ4v) is 3.75. The summed E-state index contributed by atoms with van der Waals surface area (Å²) >= 11 is 0. The third kappa shape index (κ3) is 5.80. The van der Waals surface area contributed by atoms with Gasteiger partial charge in [-0.15, -0.1) is 0 Å². The Balaban J connectivity index is 1.54. The van der Waals surface area contributed by atoms with Gasteiger partial charge in [-0.05, 0) is 29.2 Å². The summed E-state index contributed by atoms with van der Waals surface area (Å²) in [6.45, 7) is 5.62. The molecule has 1 unspecified atom stereocenters. The van der Waals surface area contributed by atoms with E-state index in [4.69, 9.17) is 10.3 Å². The van der Waals surface area contributed by atoms with E-state index < -0.39 is 29.2 Å². The minimum Gasteiger partial charge on any atom is -0.361 e. The van der Waals surface area contributed by atoms with Crippen LogP contribution in [0.15, 0.2) is 53.1 Å². The number of hydrogen-bond acceptors (Lipinski definition) is 7. The molecular formula is C25H26FN7O4. The summed E-state index contributed by atoms with van der Waals surface area (Å²) in [5.74, 6) is -2.54. The van der Waals surface area contributed by atoms with Gasteiger partial charge in [-0.25, -0.2) is 4.39 Å². The van der Waals surface area contributed by atoms with Crippen molar-refractivity contribution in [3.63, 3.8) is 0 Å². The van der Waals surface area contributed by atoms with Crippen LogP contribution in [-0.4, -0.2) is 43.7 Å². The molecule has 0 aliphatic heterocycles. The highest BCUT2D eigenvalue weighted by Gasteiger charge is 2.34. The zero-order chi connectivity index (χ0) is 26.7. The molecule has 4 N–H and O–H groups in total. The van der Waals surface area contributed by atoms with E-state index in [0.29, 0.717) is 11.9 Å². The van der Waals surface area contributed by atoms with Crippen molar-refractivity contribution < 1.29 is 23.3 Å². The number of hydrogen-bond donors (Lipinski definition) is 3. The Morgan fingerprint density at radius 1 is 1.11 bits per heavy atom. The third-order valence-electron chi connectivity index (χ3n) is 5.62. The molecule has 0 spiro atoms. The summed E-state index contributed by atoms with van der Waals surface area (Å²) in [4.78, 5) is 41.4. The first-order valence-electron chi connectivity index (χ1n) is 11.4. The summed E-state index contributed by atoms with van der Waals surface area (Å²) in [6.07, 6.45) is 0. The van der Waals surface area contributed by atoms with Crippen LogP contribution < -0.4 is 16.4 Å². The molecule has 4 aromatic rings. The van der Waals surface area contributed by atoms with E-state index >= 15 is 0 Å². The van der Waals surface area contributed by atoms with Crippen LogP contribution in [0, 0.1) is 11.2 Å². The monoisotopic (exact) mass is 507 g/mol. The van der Waals surface area contributed by atoms with Gasteiger partial charge in [0.25, 0.3) is 5.91 Å². The smallest absolute Gasteiger partial charge is 0.315 e. The van der Waals surface area contributed by atoms with Crippen molar-refractivity contribution in [2.24, 2.45) is 11.1 Å². The molecule has 0 aliphatic carbocycles. The van der Waals surface area contributed by atoms with Crippen LogP contribution in [0.3, 0.4) is 0 Å². The second kappa shape index (κ2) is 10.2. The molecule has 0 fully saturated rings. The predicted octanol–water partition coefficient (Wildman–Crippen LogP) is 2.17. The van der Waals surface area contributed by atoms with Gasteiger partial charge in [-0.2, -0.15) is 10.1 Å². The summed E-state index contributed by atoms with van der Waals surface area (Å²) in [6, 6.07) is 12.3. The standard InChI is InChI=1S/C25H26FN7O4/c1-25(2,3)20(23(36)28-12-18-29-24(21(27)34)37-32-18)30-22(35)19-16-6-4-5-7-17(16)33(31-19)13-14-8-10-15(26)11-9-14/h4-11,20H,12-13H2,1-3H3,(H2,27,34)(H,28,36)(H,30,35). The minimum absolute atomic E-state index is 0.0617. The van der Waals surface area contributed by atoms with E-state index in [-0.39, 0.29) is 29.8 Å². The van der Waals surface area contributed by atoms with Crippen LogP contribution in [0.5, 0.6) is 0 Å². The SMILES string of the molecule is CC(C)(C)C(NC(=O)c1nn(Cc2ccc(F)cc2)c2ccccc12)C(=O)NCc1noc(C(N)=O)n1. The van der Waals surface area contributed by atoms with Crippen LogP contribution in [0.25, 0.3) is 10.9 Å². The quantitative estimate of drug-likeness (QED) is 0.330. The maximum absolute atomic E-state index is 13.4. The highest BCUT2D eigenvalue weighted by molar-refractivity contribution is 6.06. The van der Waals surface area contributed by atoms with Gasteiger partial charge in [-0.3, -0.25) is 19.1 Å². The van der Waals surface area contributed by atoms with Crippen molar-refractivity contribution in [2.75, 3.05) is 0 Å². The largest absolute Gasteiger partial charge is 0.361 e. The second-order valence-corrected chi connectivity index (χ2v) is 9.52. The van der Waals surface area contributed by atoms with Crippen LogP contribution in [0.4, 0.5) is 4.39 Å². The number of primary amides is 1. The average molecular weight is 508 g/mol. The van der Waals surface area contributed by atoms with Gasteiger partial charge in [0, 0.05) is 5.39 Å². The molecule has 11 nitrogen and oxygen atoms in total. The number of nitrogens with two attached hydrogens (primary N) is 1. The molecule has 2 heterocycles. The molecule has 2 aromatic heterocycles. The lowest BCUT2D eigenvalue weighted by Crippen LogP contribution is -2.53. The number of rotatable bonds is 8. The molecule has 2 aromatic carbocycles. The lowest BCUT2D eigenvalue weighted by atomic mass is 9.86. The number of benzene rings is 2. The highest BCUT2D eigenvalue weighted by atomic mass is 19.1. The Kier molecular flexibility index (Phi) is 7.00. The van der Waals surface area contributed by atoms with E-state index in [9.17, 15) is 18.8 Å². The van der Waals surface area contributed by atoms with Crippen molar-refractivity contribution in [2.45, 2.75) is 39.9 Å². The first-order valence-corrected chi connectivity index (χ1v) is 11.4. The Morgan fingerprint density at radius 3 is 2.46 bits per heavy atom. The van der Waals surface area contributed by atoms with Crippen LogP contribution in [-0.2, 0) is 17.9 Å². The summed E-state index contributed by atoms with van der Waals surface area (Å²) in [5, 5.41) is 14.2. The van der Waals surface area contributed by atoms with Gasteiger partial charge in [0.05, 0.1) is 18.6 Å². The van der Waals surface area contributed by atoms with Gasteiger partial charge < -0.3 is 20.9 Å². The van der Waals surface area contributed by atoms with Crippen LogP contribution >= 0.6 is 0 Å². The number of carbonyl (C=O) groups is 3. The Bertz CT molecular complexity index is 1450. The normalized spacial score (nSPS) is 12.3. The fraction of sp³-hybridized carbons (Fsp3) is 0.280. The molecule has 3 amide bonds. The molecule has 192 valence electrons. The molecule has 1 atom stereocenters. The van der Waals surface area contributed by atoms with Gasteiger partial charge >= 0.3 is 11.8 Å². The number of nitrogens with one attached hydrogen (secondary N) is 2. The molecular weight excluding hydrogens is 481 g/mol. The molecule has 0 radical (unpaired) electrons. The fourth-order valence-electron chi connectivity index (χ4n) is 3.75. The van der Waals surface area contributed by atoms with Crippen molar-refractivity contribution in [3.05, 3.63) is 77.3 Å². The summed E-state index contributed by atoms with van der Waals surface area (Å²) < 4.78 is 19.7. The van der Waals surface area contributed by atoms with E-state index in [1.807, 2.05) is 32.9 Å². The predicted molar refractivity (Wildman–Crippen MR) is 131 cm³/mol. The van der Waals surface area contributed by atoms with Crippen molar-refractivity contribution in [3.8, 4) is 0 Å². The zero-order valence-corrected chi connectivity index (χ0v) is 20.5. The lowest BCUT2D eigenvalue weighted by Gasteiger charge is -2.30. The molecule has 37 heavy (non-hydrogen) atoms. The van der Waals surface area contributed by atoms with E-state index in [1.54, 1.807) is 28.9 Å². The van der Waals surface area contributed by atoms with E-state index in [0.717, 1.165) is 11.1 Å². The van der Waals surface area contributed by atoms with Gasteiger partial charge in [-0.1, -0.05) is 56.3 Å². The maximum Gasteiger partial charge on any atom is 0.315 e. The number of nitrogens with zero attached hydrogens (tertiary/aromatic N) is 4. The number of carbonyl (C=O) groups excluding carboxylic acids is 3. The second-order valence-electron chi connectivity index (χ2n) is 9.52. The third-order valence-corrected chi connectivity index (χ3v) is 5.62. The van der Waals surface area contributed by atoms with E-state index in [2.05, 4.69) is 25.9 Å². The number of amides is 3. The van der Waals surface area contributed by atoms with Crippen molar-refractivity contribution in [1.29, 1.82) is 0 Å². The number of fused-ring (bicyclic) bond motifs is 1. The topological polar surface area (TPSA) is 158 Å². The first kappa shape index (κ1) is 25.5. The molecule has 4 rings (SSSR count). The molecule has 0 saturated heterocycles. The minimum atomic E-state index is -0.941. The van der Waals surface area contributed by atoms with Crippen molar-refractivity contribution in [1.82, 2.24) is 30.6 Å². The molecule has 0 aliphatic rings. The van der Waals surface area contributed by atoms with Crippen LogP contribution in [0.2, 0.25) is 0 Å². The Labute approximate surface area is 211 Å². The highest BCUT2D eigenvalue weighted by Crippen LogP contribution is 2.23. The van der Waals surface area contributed by atoms with Gasteiger partial charge in [0.1, 0.15) is 11.9 Å². The average Bonchev–Trinajstić information content (AvgIpc) is 3.47. The Hall–Kier alpha value is -4.61. The molecule has 0 bridgehead atoms. The van der Waals surface area contributed by atoms with Gasteiger partial charge in [0.2, 0.25) is 5.91 Å². The number of para-hydroxylation sites is 1. The Morgan fingerprint density at radius 2 is 1.81 bits per heavy atom.